The highest BCUT2D eigenvalue weighted by atomic mass is 16.5. The highest BCUT2D eigenvalue weighted by Crippen LogP contribution is 2.28. The predicted molar refractivity (Wildman–Crippen MR) is 89.3 cm³/mol. The Balaban J connectivity index is 2.79. The molecule has 0 heterocycles. The van der Waals surface area contributed by atoms with Gasteiger partial charge in [0.2, 0.25) is 0 Å². The molecule has 120 valence electrons. The molecular formula is C18H31NO2. The van der Waals surface area contributed by atoms with Crippen molar-refractivity contribution >= 4 is 0 Å². The van der Waals surface area contributed by atoms with E-state index < -0.39 is 0 Å². The molecule has 0 aromatic heterocycles. The molecule has 1 atom stereocenters. The molecule has 21 heavy (non-hydrogen) atoms. The second-order valence-corrected chi connectivity index (χ2v) is 6.99. The Labute approximate surface area is 130 Å². The van der Waals surface area contributed by atoms with Gasteiger partial charge in [0.1, 0.15) is 11.9 Å². The summed E-state index contributed by atoms with van der Waals surface area (Å²) in [5.74, 6) is 0.940. The van der Waals surface area contributed by atoms with Gasteiger partial charge in [-0.25, -0.2) is 0 Å². The summed E-state index contributed by atoms with van der Waals surface area (Å²) in [6, 6.07) is 6.89. The summed E-state index contributed by atoms with van der Waals surface area (Å²) < 4.78 is 11.4. The molecule has 1 N–H and O–H groups in total. The second-order valence-electron chi connectivity index (χ2n) is 6.99. The predicted octanol–water partition coefficient (Wildman–Crippen LogP) is 3.68. The minimum Gasteiger partial charge on any atom is -0.486 e. The van der Waals surface area contributed by atoms with E-state index in [0.717, 1.165) is 12.3 Å². The molecule has 1 aromatic rings. The molecule has 0 radical (unpaired) electrons. The van der Waals surface area contributed by atoms with Gasteiger partial charge in [0, 0.05) is 19.7 Å². The monoisotopic (exact) mass is 293 g/mol. The van der Waals surface area contributed by atoms with E-state index in [-0.39, 0.29) is 11.5 Å². The van der Waals surface area contributed by atoms with Crippen LogP contribution in [0.4, 0.5) is 0 Å². The van der Waals surface area contributed by atoms with E-state index in [4.69, 9.17) is 9.47 Å². The van der Waals surface area contributed by atoms with Gasteiger partial charge in [-0.15, -0.1) is 0 Å². The zero-order chi connectivity index (χ0) is 16.0. The zero-order valence-electron chi connectivity index (χ0n) is 14.6. The maximum absolute atomic E-state index is 6.12. The lowest BCUT2D eigenvalue weighted by atomic mass is 9.86. The van der Waals surface area contributed by atoms with Crippen LogP contribution in [0.2, 0.25) is 0 Å². The quantitative estimate of drug-likeness (QED) is 0.832. The number of benzene rings is 1. The van der Waals surface area contributed by atoms with Gasteiger partial charge < -0.3 is 14.8 Å². The number of rotatable bonds is 7. The van der Waals surface area contributed by atoms with E-state index in [1.165, 1.54) is 11.1 Å². The van der Waals surface area contributed by atoms with Crippen molar-refractivity contribution < 1.29 is 9.47 Å². The van der Waals surface area contributed by atoms with Gasteiger partial charge in [-0.3, -0.25) is 0 Å². The lowest BCUT2D eigenvalue weighted by molar-refractivity contribution is 0.0789. The Bertz CT molecular complexity index is 435. The number of nitrogens with one attached hydrogen (secondary N) is 1. The summed E-state index contributed by atoms with van der Waals surface area (Å²) in [7, 11) is 1.71. The van der Waals surface area contributed by atoms with Crippen molar-refractivity contribution in [3.63, 3.8) is 0 Å². The molecule has 0 aliphatic carbocycles. The minimum absolute atomic E-state index is 0.0246. The van der Waals surface area contributed by atoms with Crippen molar-refractivity contribution in [3.05, 3.63) is 29.3 Å². The zero-order valence-corrected chi connectivity index (χ0v) is 14.6. The van der Waals surface area contributed by atoms with Crippen LogP contribution in [0.3, 0.4) is 0 Å². The van der Waals surface area contributed by atoms with E-state index in [1.54, 1.807) is 7.11 Å². The molecule has 1 unspecified atom stereocenters. The van der Waals surface area contributed by atoms with Gasteiger partial charge in [-0.2, -0.15) is 0 Å². The molecule has 0 saturated carbocycles. The standard InChI is InChI=1S/C18H31NO2/c1-13(2)19-11-16(12-20-7)21-17-9-8-15(10-14(17)3)18(4,5)6/h8-10,13,16,19H,11-12H2,1-7H3. The molecule has 0 aliphatic rings. The number of aryl methyl sites for hydroxylation is 1. The maximum Gasteiger partial charge on any atom is 0.134 e. The number of hydrogen-bond donors (Lipinski definition) is 1. The van der Waals surface area contributed by atoms with Gasteiger partial charge >= 0.3 is 0 Å². The van der Waals surface area contributed by atoms with Crippen LogP contribution in [-0.2, 0) is 10.2 Å². The summed E-state index contributed by atoms with van der Waals surface area (Å²) in [5.41, 5.74) is 2.66. The highest BCUT2D eigenvalue weighted by molar-refractivity contribution is 5.38. The lowest BCUT2D eigenvalue weighted by Crippen LogP contribution is -2.38. The van der Waals surface area contributed by atoms with Crippen LogP contribution in [0.25, 0.3) is 0 Å². The van der Waals surface area contributed by atoms with Crippen LogP contribution < -0.4 is 10.1 Å². The summed E-state index contributed by atoms with van der Waals surface area (Å²) >= 11 is 0. The van der Waals surface area contributed by atoms with Crippen molar-refractivity contribution in [2.75, 3.05) is 20.3 Å². The van der Waals surface area contributed by atoms with Crippen molar-refractivity contribution in [1.29, 1.82) is 0 Å². The van der Waals surface area contributed by atoms with E-state index in [1.807, 2.05) is 0 Å². The smallest absolute Gasteiger partial charge is 0.134 e. The minimum atomic E-state index is 0.0246. The SMILES string of the molecule is COCC(CNC(C)C)Oc1ccc(C(C)(C)C)cc1C. The normalized spacial score (nSPS) is 13.5. The third kappa shape index (κ3) is 6.06. The van der Waals surface area contributed by atoms with Crippen LogP contribution in [0, 0.1) is 6.92 Å². The third-order valence-corrected chi connectivity index (χ3v) is 3.44. The molecule has 3 heteroatoms. The van der Waals surface area contributed by atoms with Crippen molar-refractivity contribution in [2.24, 2.45) is 0 Å². The van der Waals surface area contributed by atoms with E-state index in [2.05, 4.69) is 65.1 Å². The Morgan fingerprint density at radius 1 is 1.19 bits per heavy atom. The first kappa shape index (κ1) is 18.0. The number of hydrogen-bond acceptors (Lipinski definition) is 3. The first-order valence-corrected chi connectivity index (χ1v) is 7.74. The highest BCUT2D eigenvalue weighted by Gasteiger charge is 2.17. The van der Waals surface area contributed by atoms with Crippen molar-refractivity contribution in [1.82, 2.24) is 5.32 Å². The molecular weight excluding hydrogens is 262 g/mol. The fraction of sp³-hybridized carbons (Fsp3) is 0.667. The summed E-state index contributed by atoms with van der Waals surface area (Å²) in [5, 5.41) is 3.40. The average Bonchev–Trinajstić information content (AvgIpc) is 2.37. The van der Waals surface area contributed by atoms with Crippen molar-refractivity contribution in [3.8, 4) is 5.75 Å². The molecule has 0 spiro atoms. The van der Waals surface area contributed by atoms with Gasteiger partial charge in [-0.05, 0) is 29.5 Å². The Hall–Kier alpha value is -1.06. The first-order valence-electron chi connectivity index (χ1n) is 7.74. The molecule has 0 amide bonds. The lowest BCUT2D eigenvalue weighted by Gasteiger charge is -2.24. The third-order valence-electron chi connectivity index (χ3n) is 3.44. The Morgan fingerprint density at radius 3 is 2.33 bits per heavy atom. The number of ether oxygens (including phenoxy) is 2. The fourth-order valence-corrected chi connectivity index (χ4v) is 2.12. The van der Waals surface area contributed by atoms with Crippen LogP contribution in [0.1, 0.15) is 45.7 Å². The molecule has 1 rings (SSSR count). The van der Waals surface area contributed by atoms with Crippen LogP contribution in [0.15, 0.2) is 18.2 Å². The number of methoxy groups -OCH3 is 1. The molecule has 3 nitrogen and oxygen atoms in total. The molecule has 0 bridgehead atoms. The Kier molecular flexibility index (Phi) is 6.69. The molecule has 0 fully saturated rings. The van der Waals surface area contributed by atoms with E-state index in [9.17, 15) is 0 Å². The van der Waals surface area contributed by atoms with Gasteiger partial charge in [0.25, 0.3) is 0 Å². The fourth-order valence-electron chi connectivity index (χ4n) is 2.12. The Morgan fingerprint density at radius 2 is 1.86 bits per heavy atom. The van der Waals surface area contributed by atoms with Gasteiger partial charge in [0.15, 0.2) is 0 Å². The maximum atomic E-state index is 6.12. The summed E-state index contributed by atoms with van der Waals surface area (Å²) in [6.07, 6.45) is 0.0246. The molecule has 0 saturated heterocycles. The van der Waals surface area contributed by atoms with Crippen LogP contribution in [-0.4, -0.2) is 32.4 Å². The summed E-state index contributed by atoms with van der Waals surface area (Å²) in [6.45, 7) is 14.4. The summed E-state index contributed by atoms with van der Waals surface area (Å²) in [4.78, 5) is 0. The van der Waals surface area contributed by atoms with E-state index >= 15 is 0 Å². The largest absolute Gasteiger partial charge is 0.486 e. The molecule has 1 aromatic carbocycles. The van der Waals surface area contributed by atoms with Gasteiger partial charge in [0.05, 0.1) is 6.61 Å². The average molecular weight is 293 g/mol. The van der Waals surface area contributed by atoms with E-state index in [0.29, 0.717) is 12.6 Å². The van der Waals surface area contributed by atoms with Crippen LogP contribution >= 0.6 is 0 Å². The first-order chi connectivity index (χ1) is 9.74. The van der Waals surface area contributed by atoms with Crippen molar-refractivity contribution in [2.45, 2.75) is 59.1 Å². The van der Waals surface area contributed by atoms with Crippen LogP contribution in [0.5, 0.6) is 5.75 Å². The molecule has 0 aliphatic heterocycles. The van der Waals surface area contributed by atoms with Gasteiger partial charge in [-0.1, -0.05) is 46.8 Å². The topological polar surface area (TPSA) is 30.5 Å². The second kappa shape index (κ2) is 7.81.